The average molecular weight is 468 g/mol. The molecule has 1 fully saturated rings. The molecule has 182 valence electrons. The topological polar surface area (TPSA) is 108 Å². The zero-order chi connectivity index (χ0) is 24.9. The molecule has 2 aromatic rings. The highest BCUT2D eigenvalue weighted by atomic mass is 16.6. The zero-order valence-electron chi connectivity index (χ0n) is 20.1. The van der Waals surface area contributed by atoms with Gasteiger partial charge < -0.3 is 25.4 Å². The number of phenolic OH excluding ortho intramolecular Hbond substituents is 1. The number of hydrogen-bond donors (Lipinski definition) is 3. The molecule has 2 aromatic carbocycles. The summed E-state index contributed by atoms with van der Waals surface area (Å²) in [7, 11) is 0. The highest BCUT2D eigenvalue weighted by Crippen LogP contribution is 2.34. The third-order valence-corrected chi connectivity index (χ3v) is 5.65. The number of aryl methyl sites for hydroxylation is 1. The Kier molecular flexibility index (Phi) is 7.81. The second-order valence-electron chi connectivity index (χ2n) is 9.54. The van der Waals surface area contributed by atoms with Crippen LogP contribution in [0.1, 0.15) is 57.2 Å². The lowest BCUT2D eigenvalue weighted by Gasteiger charge is -2.42. The monoisotopic (exact) mass is 467 g/mol. The number of rotatable bonds is 7. The number of benzene rings is 2. The number of carbonyl (C=O) groups excluding carboxylic acids is 3. The summed E-state index contributed by atoms with van der Waals surface area (Å²) in [5, 5.41) is 15.5. The first-order valence-electron chi connectivity index (χ1n) is 11.5. The second kappa shape index (κ2) is 10.6. The first-order chi connectivity index (χ1) is 16.0. The maximum atomic E-state index is 13.6. The Balaban J connectivity index is 1.90. The molecule has 0 saturated heterocycles. The van der Waals surface area contributed by atoms with E-state index < -0.39 is 29.6 Å². The Morgan fingerprint density at radius 3 is 2.41 bits per heavy atom. The van der Waals surface area contributed by atoms with Crippen LogP contribution < -0.4 is 10.6 Å². The largest absolute Gasteiger partial charge is 0.508 e. The molecule has 0 aromatic heterocycles. The van der Waals surface area contributed by atoms with Gasteiger partial charge in [0, 0.05) is 11.7 Å². The molecule has 1 aliphatic rings. The van der Waals surface area contributed by atoms with E-state index in [-0.39, 0.29) is 18.3 Å². The van der Waals surface area contributed by atoms with Crippen LogP contribution in [0.25, 0.3) is 0 Å². The Bertz CT molecular complexity index is 1040. The van der Waals surface area contributed by atoms with Crippen LogP contribution in [0.4, 0.5) is 10.5 Å². The summed E-state index contributed by atoms with van der Waals surface area (Å²) in [6, 6.07) is 12.6. The van der Waals surface area contributed by atoms with Gasteiger partial charge in [0.05, 0.1) is 0 Å². The Morgan fingerprint density at radius 1 is 1.12 bits per heavy atom. The number of anilines is 1. The summed E-state index contributed by atoms with van der Waals surface area (Å²) in [5.41, 5.74) is 1.32. The van der Waals surface area contributed by atoms with Crippen molar-refractivity contribution in [2.75, 3.05) is 11.9 Å². The highest BCUT2D eigenvalue weighted by molar-refractivity contribution is 5.99. The van der Waals surface area contributed by atoms with Crippen molar-refractivity contribution in [3.63, 3.8) is 0 Å². The maximum Gasteiger partial charge on any atom is 0.408 e. The molecular weight excluding hydrogens is 434 g/mol. The molecule has 8 nitrogen and oxygen atoms in total. The maximum absolute atomic E-state index is 13.6. The minimum atomic E-state index is -0.982. The van der Waals surface area contributed by atoms with E-state index in [2.05, 4.69) is 10.6 Å². The van der Waals surface area contributed by atoms with Crippen LogP contribution in [-0.2, 0) is 14.3 Å². The van der Waals surface area contributed by atoms with E-state index in [1.54, 1.807) is 39.0 Å². The van der Waals surface area contributed by atoms with Gasteiger partial charge in [-0.3, -0.25) is 9.59 Å². The van der Waals surface area contributed by atoms with Gasteiger partial charge in [0.1, 0.15) is 23.9 Å². The molecule has 0 bridgehead atoms. The molecule has 34 heavy (non-hydrogen) atoms. The minimum absolute atomic E-state index is 0.000852. The average Bonchev–Trinajstić information content (AvgIpc) is 2.71. The van der Waals surface area contributed by atoms with Gasteiger partial charge in [-0.1, -0.05) is 30.3 Å². The summed E-state index contributed by atoms with van der Waals surface area (Å²) in [6.07, 6.45) is 1.75. The van der Waals surface area contributed by atoms with Gasteiger partial charge in [0.25, 0.3) is 5.91 Å². The SMILES string of the molecule is Cc1ccccc1NC(=O)C(c1cccc(O)c1)N(C(=O)CNC(=O)OC(C)(C)C)C1CCC1. The van der Waals surface area contributed by atoms with Gasteiger partial charge in [0.2, 0.25) is 5.91 Å². The predicted octanol–water partition coefficient (Wildman–Crippen LogP) is 4.29. The number of amides is 3. The van der Waals surface area contributed by atoms with E-state index >= 15 is 0 Å². The first-order valence-corrected chi connectivity index (χ1v) is 11.5. The lowest BCUT2D eigenvalue weighted by atomic mass is 9.88. The number of phenols is 1. The fourth-order valence-electron chi connectivity index (χ4n) is 3.82. The molecule has 1 atom stereocenters. The number of nitrogens with zero attached hydrogens (tertiary/aromatic N) is 1. The second-order valence-corrected chi connectivity index (χ2v) is 9.54. The first kappa shape index (κ1) is 25.1. The molecule has 0 heterocycles. The van der Waals surface area contributed by atoms with Crippen LogP contribution >= 0.6 is 0 Å². The lowest BCUT2D eigenvalue weighted by Crippen LogP contribution is -2.53. The lowest BCUT2D eigenvalue weighted by molar-refractivity contribution is -0.143. The third-order valence-electron chi connectivity index (χ3n) is 5.65. The number of para-hydroxylation sites is 1. The number of carbonyl (C=O) groups is 3. The van der Waals surface area contributed by atoms with Crippen molar-refractivity contribution < 1.29 is 24.2 Å². The molecule has 1 unspecified atom stereocenters. The van der Waals surface area contributed by atoms with Crippen molar-refractivity contribution >= 4 is 23.6 Å². The van der Waals surface area contributed by atoms with E-state index in [1.165, 1.54) is 17.0 Å². The van der Waals surface area contributed by atoms with Crippen LogP contribution in [0.15, 0.2) is 48.5 Å². The Hall–Kier alpha value is -3.55. The molecule has 8 heteroatoms. The number of ether oxygens (including phenoxy) is 1. The van der Waals surface area contributed by atoms with E-state index in [4.69, 9.17) is 4.74 Å². The summed E-state index contributed by atoms with van der Waals surface area (Å²) >= 11 is 0. The highest BCUT2D eigenvalue weighted by Gasteiger charge is 2.39. The van der Waals surface area contributed by atoms with Crippen molar-refractivity contribution in [2.45, 2.75) is 64.6 Å². The summed E-state index contributed by atoms with van der Waals surface area (Å²) in [6.45, 7) is 6.80. The number of hydrogen-bond acceptors (Lipinski definition) is 5. The summed E-state index contributed by atoms with van der Waals surface area (Å²) < 4.78 is 5.24. The van der Waals surface area contributed by atoms with Crippen molar-refractivity contribution in [1.82, 2.24) is 10.2 Å². The van der Waals surface area contributed by atoms with E-state index in [1.807, 2.05) is 25.1 Å². The predicted molar refractivity (Wildman–Crippen MR) is 129 cm³/mol. The normalized spacial score (nSPS) is 14.5. The summed E-state index contributed by atoms with van der Waals surface area (Å²) in [4.78, 5) is 40.6. The van der Waals surface area contributed by atoms with E-state index in [9.17, 15) is 19.5 Å². The quantitative estimate of drug-likeness (QED) is 0.563. The van der Waals surface area contributed by atoms with Crippen LogP contribution in [0.3, 0.4) is 0 Å². The zero-order valence-corrected chi connectivity index (χ0v) is 20.1. The van der Waals surface area contributed by atoms with Gasteiger partial charge in [-0.15, -0.1) is 0 Å². The van der Waals surface area contributed by atoms with Crippen LogP contribution in [-0.4, -0.2) is 46.1 Å². The van der Waals surface area contributed by atoms with Crippen molar-refractivity contribution in [3.8, 4) is 5.75 Å². The molecule has 0 spiro atoms. The minimum Gasteiger partial charge on any atom is -0.508 e. The number of alkyl carbamates (subject to hydrolysis) is 1. The molecule has 3 N–H and O–H groups in total. The van der Waals surface area contributed by atoms with Gasteiger partial charge in [-0.2, -0.15) is 0 Å². The molecule has 3 amide bonds. The van der Waals surface area contributed by atoms with Crippen LogP contribution in [0.5, 0.6) is 5.75 Å². The molecule has 1 saturated carbocycles. The number of aromatic hydroxyl groups is 1. The van der Waals surface area contributed by atoms with Gasteiger partial charge in [0.15, 0.2) is 0 Å². The van der Waals surface area contributed by atoms with Gasteiger partial charge in [-0.05, 0) is 76.3 Å². The number of nitrogens with one attached hydrogen (secondary N) is 2. The Morgan fingerprint density at radius 2 is 1.82 bits per heavy atom. The fourth-order valence-corrected chi connectivity index (χ4v) is 3.82. The van der Waals surface area contributed by atoms with Crippen LogP contribution in [0, 0.1) is 6.92 Å². The van der Waals surface area contributed by atoms with Crippen molar-refractivity contribution in [2.24, 2.45) is 0 Å². The molecule has 0 aliphatic heterocycles. The molecular formula is C26H33N3O5. The standard InChI is InChI=1S/C26H33N3O5/c1-17-9-5-6-14-21(17)28-24(32)23(18-10-7-13-20(30)15-18)29(19-11-8-12-19)22(31)16-27-25(33)34-26(2,3)4/h5-7,9-10,13-15,19,23,30H,8,11-12,16H2,1-4H3,(H,27,33)(H,28,32). The molecule has 3 rings (SSSR count). The van der Waals surface area contributed by atoms with Gasteiger partial charge >= 0.3 is 6.09 Å². The van der Waals surface area contributed by atoms with Crippen LogP contribution in [0.2, 0.25) is 0 Å². The van der Waals surface area contributed by atoms with E-state index in [0.717, 1.165) is 24.8 Å². The third kappa shape index (κ3) is 6.50. The van der Waals surface area contributed by atoms with Crippen molar-refractivity contribution in [1.29, 1.82) is 0 Å². The van der Waals surface area contributed by atoms with Crippen molar-refractivity contribution in [3.05, 3.63) is 59.7 Å². The van der Waals surface area contributed by atoms with E-state index in [0.29, 0.717) is 11.3 Å². The Labute approximate surface area is 200 Å². The van der Waals surface area contributed by atoms with Gasteiger partial charge in [-0.25, -0.2) is 4.79 Å². The fraction of sp³-hybridized carbons (Fsp3) is 0.423. The summed E-state index contributed by atoms with van der Waals surface area (Å²) in [5.74, 6) is -0.791. The molecule has 1 aliphatic carbocycles. The molecule has 0 radical (unpaired) electrons. The smallest absolute Gasteiger partial charge is 0.408 e.